The lowest BCUT2D eigenvalue weighted by Crippen LogP contribution is -2.45. The van der Waals surface area contributed by atoms with Crippen molar-refractivity contribution in [2.75, 3.05) is 5.32 Å². The minimum atomic E-state index is -0.828. The van der Waals surface area contributed by atoms with Gasteiger partial charge in [0.05, 0.1) is 0 Å². The minimum Gasteiger partial charge on any atom is -0.480 e. The number of anilines is 1. The number of aryl methyl sites for hydroxylation is 1. The number of carboxylic acids is 1. The molecule has 0 saturated heterocycles. The Bertz CT molecular complexity index is 426. The van der Waals surface area contributed by atoms with Crippen molar-refractivity contribution in [1.29, 1.82) is 0 Å². The fraction of sp³-hybridized carbons (Fsp3) is 0.500. The number of para-hydroxylation sites is 1. The van der Waals surface area contributed by atoms with Crippen LogP contribution in [0.25, 0.3) is 0 Å². The van der Waals surface area contributed by atoms with Gasteiger partial charge in [-0.2, -0.15) is 0 Å². The summed E-state index contributed by atoms with van der Waals surface area (Å²) in [6.07, 6.45) is 2.91. The van der Waals surface area contributed by atoms with Crippen LogP contribution in [0.4, 0.5) is 5.69 Å². The Balaban J connectivity index is 2.26. The molecule has 92 valence electrons. The predicted molar refractivity (Wildman–Crippen MR) is 68.2 cm³/mol. The molecular formula is C14H19NO2. The van der Waals surface area contributed by atoms with Crippen LogP contribution in [0.15, 0.2) is 24.3 Å². The number of aliphatic carboxylic acids is 1. The van der Waals surface area contributed by atoms with Gasteiger partial charge in [-0.1, -0.05) is 25.1 Å². The minimum absolute atomic E-state index is 0.255. The van der Waals surface area contributed by atoms with E-state index in [1.807, 2.05) is 24.3 Å². The second-order valence-electron chi connectivity index (χ2n) is 4.92. The van der Waals surface area contributed by atoms with Gasteiger partial charge in [0.1, 0.15) is 5.54 Å². The summed E-state index contributed by atoms with van der Waals surface area (Å²) in [4.78, 5) is 11.4. The molecule has 0 bridgehead atoms. The highest BCUT2D eigenvalue weighted by Gasteiger charge is 2.47. The molecule has 0 radical (unpaired) electrons. The molecule has 1 unspecified atom stereocenters. The molecule has 0 aromatic heterocycles. The van der Waals surface area contributed by atoms with Crippen LogP contribution < -0.4 is 5.32 Å². The first-order valence-corrected chi connectivity index (χ1v) is 6.17. The number of nitrogens with one attached hydrogen (secondary N) is 1. The monoisotopic (exact) mass is 233 g/mol. The van der Waals surface area contributed by atoms with Crippen LogP contribution in [-0.4, -0.2) is 16.6 Å². The molecule has 1 atom stereocenters. The molecule has 0 heterocycles. The van der Waals surface area contributed by atoms with Crippen molar-refractivity contribution in [2.45, 2.75) is 38.6 Å². The SMILES string of the molecule is CCc1ccccc1NC(C)(C(=O)O)C1CC1. The molecule has 0 spiro atoms. The van der Waals surface area contributed by atoms with Crippen molar-refractivity contribution in [3.05, 3.63) is 29.8 Å². The molecule has 1 saturated carbocycles. The van der Waals surface area contributed by atoms with Gasteiger partial charge in [-0.05, 0) is 43.7 Å². The number of rotatable bonds is 5. The molecule has 2 rings (SSSR count). The molecule has 1 aliphatic rings. The van der Waals surface area contributed by atoms with E-state index in [1.165, 1.54) is 5.56 Å². The largest absolute Gasteiger partial charge is 0.480 e. The fourth-order valence-corrected chi connectivity index (χ4v) is 2.22. The van der Waals surface area contributed by atoms with E-state index in [2.05, 4.69) is 12.2 Å². The van der Waals surface area contributed by atoms with E-state index in [0.29, 0.717) is 0 Å². The van der Waals surface area contributed by atoms with Gasteiger partial charge in [-0.15, -0.1) is 0 Å². The smallest absolute Gasteiger partial charge is 0.329 e. The third kappa shape index (κ3) is 2.28. The lowest BCUT2D eigenvalue weighted by atomic mass is 9.94. The molecule has 1 aromatic rings. The first kappa shape index (κ1) is 12.0. The zero-order chi connectivity index (χ0) is 12.5. The third-order valence-corrected chi connectivity index (χ3v) is 3.63. The van der Waals surface area contributed by atoms with Crippen LogP contribution in [0.2, 0.25) is 0 Å². The van der Waals surface area contributed by atoms with E-state index in [4.69, 9.17) is 0 Å². The number of carboxylic acid groups (broad SMARTS) is 1. The molecular weight excluding hydrogens is 214 g/mol. The van der Waals surface area contributed by atoms with Crippen molar-refractivity contribution in [1.82, 2.24) is 0 Å². The summed E-state index contributed by atoms with van der Waals surface area (Å²) in [5.41, 5.74) is 1.29. The Kier molecular flexibility index (Phi) is 3.09. The highest BCUT2D eigenvalue weighted by molar-refractivity contribution is 5.83. The summed E-state index contributed by atoms with van der Waals surface area (Å²) < 4.78 is 0. The summed E-state index contributed by atoms with van der Waals surface area (Å²) in [5, 5.41) is 12.6. The zero-order valence-electron chi connectivity index (χ0n) is 10.4. The van der Waals surface area contributed by atoms with Gasteiger partial charge in [0.2, 0.25) is 0 Å². The summed E-state index contributed by atoms with van der Waals surface area (Å²) in [6, 6.07) is 7.93. The maximum atomic E-state index is 11.4. The van der Waals surface area contributed by atoms with Crippen molar-refractivity contribution < 1.29 is 9.90 Å². The number of hydrogen-bond donors (Lipinski definition) is 2. The summed E-state index contributed by atoms with van der Waals surface area (Å²) in [7, 11) is 0. The van der Waals surface area contributed by atoms with Crippen LogP contribution in [0.1, 0.15) is 32.3 Å². The lowest BCUT2D eigenvalue weighted by Gasteiger charge is -2.28. The van der Waals surface area contributed by atoms with Gasteiger partial charge in [-0.25, -0.2) is 4.79 Å². The predicted octanol–water partition coefficient (Wildman–Crippen LogP) is 2.91. The summed E-state index contributed by atoms with van der Waals surface area (Å²) in [5.74, 6) is -0.504. The molecule has 1 aromatic carbocycles. The van der Waals surface area contributed by atoms with Gasteiger partial charge < -0.3 is 10.4 Å². The molecule has 0 aliphatic heterocycles. The van der Waals surface area contributed by atoms with E-state index in [0.717, 1.165) is 24.9 Å². The second kappa shape index (κ2) is 4.40. The third-order valence-electron chi connectivity index (χ3n) is 3.63. The standard InChI is InChI=1S/C14H19NO2/c1-3-10-6-4-5-7-12(10)15-14(2,13(16)17)11-8-9-11/h4-7,11,15H,3,8-9H2,1-2H3,(H,16,17). The molecule has 0 amide bonds. The fourth-order valence-electron chi connectivity index (χ4n) is 2.22. The molecule has 3 nitrogen and oxygen atoms in total. The van der Waals surface area contributed by atoms with Gasteiger partial charge in [0.25, 0.3) is 0 Å². The van der Waals surface area contributed by atoms with Crippen molar-refractivity contribution in [3.8, 4) is 0 Å². The van der Waals surface area contributed by atoms with E-state index >= 15 is 0 Å². The quantitative estimate of drug-likeness (QED) is 0.822. The Labute approximate surface area is 102 Å². The van der Waals surface area contributed by atoms with E-state index < -0.39 is 11.5 Å². The van der Waals surface area contributed by atoms with Crippen LogP contribution in [0, 0.1) is 5.92 Å². The van der Waals surface area contributed by atoms with Crippen LogP contribution in [0.3, 0.4) is 0 Å². The maximum absolute atomic E-state index is 11.4. The van der Waals surface area contributed by atoms with E-state index in [-0.39, 0.29) is 5.92 Å². The van der Waals surface area contributed by atoms with Crippen molar-refractivity contribution >= 4 is 11.7 Å². The summed E-state index contributed by atoms with van der Waals surface area (Å²) >= 11 is 0. The number of carbonyl (C=O) groups is 1. The Hall–Kier alpha value is -1.51. The van der Waals surface area contributed by atoms with Crippen molar-refractivity contribution in [2.24, 2.45) is 5.92 Å². The average molecular weight is 233 g/mol. The average Bonchev–Trinajstić information content (AvgIpc) is 3.13. The van der Waals surface area contributed by atoms with Crippen molar-refractivity contribution in [3.63, 3.8) is 0 Å². The van der Waals surface area contributed by atoms with E-state index in [1.54, 1.807) is 6.92 Å². The highest BCUT2D eigenvalue weighted by Crippen LogP contribution is 2.42. The maximum Gasteiger partial charge on any atom is 0.329 e. The zero-order valence-corrected chi connectivity index (χ0v) is 10.4. The van der Waals surface area contributed by atoms with E-state index in [9.17, 15) is 9.90 Å². The second-order valence-corrected chi connectivity index (χ2v) is 4.92. The van der Waals surface area contributed by atoms with Gasteiger partial charge >= 0.3 is 5.97 Å². The topological polar surface area (TPSA) is 49.3 Å². The van der Waals surface area contributed by atoms with Crippen LogP contribution in [-0.2, 0) is 11.2 Å². The summed E-state index contributed by atoms with van der Waals surface area (Å²) in [6.45, 7) is 3.87. The Morgan fingerprint density at radius 2 is 2.12 bits per heavy atom. The first-order chi connectivity index (χ1) is 8.08. The normalized spacial score (nSPS) is 18.5. The van der Waals surface area contributed by atoms with Gasteiger partial charge in [-0.3, -0.25) is 0 Å². The highest BCUT2D eigenvalue weighted by atomic mass is 16.4. The van der Waals surface area contributed by atoms with Gasteiger partial charge in [0, 0.05) is 5.69 Å². The lowest BCUT2D eigenvalue weighted by molar-refractivity contribution is -0.142. The number of benzene rings is 1. The molecule has 2 N–H and O–H groups in total. The Morgan fingerprint density at radius 1 is 1.47 bits per heavy atom. The van der Waals surface area contributed by atoms with Crippen LogP contribution >= 0.6 is 0 Å². The molecule has 1 aliphatic carbocycles. The Morgan fingerprint density at radius 3 is 2.65 bits per heavy atom. The van der Waals surface area contributed by atoms with Gasteiger partial charge in [0.15, 0.2) is 0 Å². The molecule has 17 heavy (non-hydrogen) atoms. The number of hydrogen-bond acceptors (Lipinski definition) is 2. The molecule has 3 heteroatoms. The van der Waals surface area contributed by atoms with Crippen LogP contribution in [0.5, 0.6) is 0 Å². The molecule has 1 fully saturated rings. The first-order valence-electron chi connectivity index (χ1n) is 6.17.